The highest BCUT2D eigenvalue weighted by Crippen LogP contribution is 2.21. The van der Waals surface area contributed by atoms with Crippen molar-refractivity contribution < 1.29 is 9.59 Å². The number of carbonyl (C=O) groups excluding carboxylic acids is 2. The number of nitrogens with one attached hydrogen (secondary N) is 2. The van der Waals surface area contributed by atoms with Gasteiger partial charge in [0.1, 0.15) is 0 Å². The van der Waals surface area contributed by atoms with Crippen LogP contribution >= 0.6 is 0 Å². The predicted octanol–water partition coefficient (Wildman–Crippen LogP) is 4.72. The van der Waals surface area contributed by atoms with E-state index in [1.165, 1.54) is 0 Å². The summed E-state index contributed by atoms with van der Waals surface area (Å²) in [6.07, 6.45) is 3.67. The van der Waals surface area contributed by atoms with E-state index in [0.717, 1.165) is 22.3 Å². The molecule has 0 unspecified atom stereocenters. The number of hydrogen-bond donors (Lipinski definition) is 2. The van der Waals surface area contributed by atoms with Gasteiger partial charge in [-0.3, -0.25) is 9.59 Å². The summed E-state index contributed by atoms with van der Waals surface area (Å²) in [4.78, 5) is 24.7. The summed E-state index contributed by atoms with van der Waals surface area (Å²) in [7, 11) is 0. The van der Waals surface area contributed by atoms with Crippen LogP contribution in [0.1, 0.15) is 28.4 Å². The maximum Gasteiger partial charge on any atom is 0.255 e. The zero-order chi connectivity index (χ0) is 21.2. The fourth-order valence-corrected chi connectivity index (χ4v) is 2.95. The number of allylic oxidation sites excluding steroid dienone is 2. The van der Waals surface area contributed by atoms with E-state index in [1.807, 2.05) is 85.8 Å². The zero-order valence-corrected chi connectivity index (χ0v) is 16.8. The SMILES string of the molecule is CC(=CNC(=O)Cc1ccccc1)C(=CNC(=O)c1ccccc1)c1ccccc1. The van der Waals surface area contributed by atoms with Crippen LogP contribution < -0.4 is 10.6 Å². The van der Waals surface area contributed by atoms with Crippen molar-refractivity contribution in [3.05, 3.63) is 126 Å². The van der Waals surface area contributed by atoms with Gasteiger partial charge < -0.3 is 10.6 Å². The van der Waals surface area contributed by atoms with Crippen LogP contribution in [0.4, 0.5) is 0 Å². The van der Waals surface area contributed by atoms with Crippen molar-refractivity contribution in [1.29, 1.82) is 0 Å². The van der Waals surface area contributed by atoms with E-state index in [9.17, 15) is 9.59 Å². The second-order valence-electron chi connectivity index (χ2n) is 6.82. The number of rotatable bonds is 7. The molecule has 0 saturated heterocycles. The van der Waals surface area contributed by atoms with Crippen molar-refractivity contribution in [3.8, 4) is 0 Å². The molecule has 0 aliphatic heterocycles. The van der Waals surface area contributed by atoms with Gasteiger partial charge in [0.15, 0.2) is 0 Å². The molecule has 3 rings (SSSR count). The summed E-state index contributed by atoms with van der Waals surface area (Å²) in [5.74, 6) is -0.286. The molecule has 0 radical (unpaired) electrons. The first-order chi connectivity index (χ1) is 14.6. The standard InChI is InChI=1S/C26H24N2O2/c1-20(18-27-25(29)17-21-11-5-2-6-12-21)24(22-13-7-3-8-14-22)19-28-26(30)23-15-9-4-10-16-23/h2-16,18-19H,17H2,1H3,(H,27,29)(H,28,30). The molecule has 0 aliphatic carbocycles. The average Bonchev–Trinajstić information content (AvgIpc) is 2.79. The molecule has 2 amide bonds. The molecule has 0 atom stereocenters. The lowest BCUT2D eigenvalue weighted by molar-refractivity contribution is -0.119. The van der Waals surface area contributed by atoms with Gasteiger partial charge in [-0.25, -0.2) is 0 Å². The lowest BCUT2D eigenvalue weighted by Crippen LogP contribution is -2.20. The van der Waals surface area contributed by atoms with Crippen LogP contribution in [0.25, 0.3) is 5.57 Å². The first kappa shape index (κ1) is 20.8. The van der Waals surface area contributed by atoms with Crippen molar-refractivity contribution in [1.82, 2.24) is 10.6 Å². The average molecular weight is 396 g/mol. The maximum absolute atomic E-state index is 12.4. The number of hydrogen-bond acceptors (Lipinski definition) is 2. The lowest BCUT2D eigenvalue weighted by Gasteiger charge is -2.11. The molecule has 3 aromatic carbocycles. The summed E-state index contributed by atoms with van der Waals surface area (Å²) in [5, 5.41) is 5.70. The highest BCUT2D eigenvalue weighted by molar-refractivity contribution is 5.96. The Labute approximate surface area is 177 Å². The number of amides is 2. The predicted molar refractivity (Wildman–Crippen MR) is 120 cm³/mol. The van der Waals surface area contributed by atoms with Crippen molar-refractivity contribution in [2.75, 3.05) is 0 Å². The molecule has 0 saturated carbocycles. The fraction of sp³-hybridized carbons (Fsp3) is 0.0769. The topological polar surface area (TPSA) is 58.2 Å². The van der Waals surface area contributed by atoms with Gasteiger partial charge in [-0.05, 0) is 35.8 Å². The molecule has 0 spiro atoms. The van der Waals surface area contributed by atoms with Crippen LogP contribution in [0, 0.1) is 0 Å². The molecule has 0 aromatic heterocycles. The molecule has 2 N–H and O–H groups in total. The van der Waals surface area contributed by atoms with Gasteiger partial charge in [0.2, 0.25) is 5.91 Å². The Bertz CT molecular complexity index is 1040. The van der Waals surface area contributed by atoms with Gasteiger partial charge in [-0.2, -0.15) is 0 Å². The molecule has 3 aromatic rings. The van der Waals surface area contributed by atoms with Crippen LogP contribution in [0.5, 0.6) is 0 Å². The van der Waals surface area contributed by atoms with Crippen LogP contribution in [-0.4, -0.2) is 11.8 Å². The van der Waals surface area contributed by atoms with Crippen molar-refractivity contribution >= 4 is 17.4 Å². The summed E-state index contributed by atoms with van der Waals surface area (Å²) >= 11 is 0. The molecule has 30 heavy (non-hydrogen) atoms. The lowest BCUT2D eigenvalue weighted by atomic mass is 10.0. The minimum atomic E-state index is -0.190. The Morgan fingerprint density at radius 2 is 1.23 bits per heavy atom. The Hall–Kier alpha value is -3.92. The van der Waals surface area contributed by atoms with E-state index >= 15 is 0 Å². The normalized spacial score (nSPS) is 11.6. The van der Waals surface area contributed by atoms with Gasteiger partial charge in [0, 0.05) is 23.5 Å². The third-order valence-corrected chi connectivity index (χ3v) is 4.55. The summed E-state index contributed by atoms with van der Waals surface area (Å²) in [5.41, 5.74) is 4.13. The van der Waals surface area contributed by atoms with Gasteiger partial charge in [-0.1, -0.05) is 78.9 Å². The van der Waals surface area contributed by atoms with Crippen LogP contribution in [0.3, 0.4) is 0 Å². The Morgan fingerprint density at radius 1 is 0.700 bits per heavy atom. The van der Waals surface area contributed by atoms with Gasteiger partial charge in [0.05, 0.1) is 6.42 Å². The molecule has 0 aliphatic rings. The monoisotopic (exact) mass is 396 g/mol. The van der Waals surface area contributed by atoms with Gasteiger partial charge in [-0.15, -0.1) is 0 Å². The summed E-state index contributed by atoms with van der Waals surface area (Å²) in [6, 6.07) is 28.4. The summed E-state index contributed by atoms with van der Waals surface area (Å²) < 4.78 is 0. The van der Waals surface area contributed by atoms with Crippen molar-refractivity contribution in [2.45, 2.75) is 13.3 Å². The number of carbonyl (C=O) groups is 2. The molecule has 0 heterocycles. The quantitative estimate of drug-likeness (QED) is 0.568. The smallest absolute Gasteiger partial charge is 0.255 e. The third kappa shape index (κ3) is 6.04. The van der Waals surface area contributed by atoms with E-state index in [-0.39, 0.29) is 11.8 Å². The van der Waals surface area contributed by atoms with Crippen molar-refractivity contribution in [2.24, 2.45) is 0 Å². The van der Waals surface area contributed by atoms with E-state index in [2.05, 4.69) is 10.6 Å². The van der Waals surface area contributed by atoms with Crippen LogP contribution in [0.15, 0.2) is 109 Å². The second kappa shape index (κ2) is 10.6. The molecule has 4 nitrogen and oxygen atoms in total. The highest BCUT2D eigenvalue weighted by Gasteiger charge is 2.08. The first-order valence-corrected chi connectivity index (χ1v) is 9.75. The molecule has 0 fully saturated rings. The van der Waals surface area contributed by atoms with Crippen molar-refractivity contribution in [3.63, 3.8) is 0 Å². The fourth-order valence-electron chi connectivity index (χ4n) is 2.95. The molecule has 4 heteroatoms. The van der Waals surface area contributed by atoms with Gasteiger partial charge in [0.25, 0.3) is 5.91 Å². The minimum Gasteiger partial charge on any atom is -0.332 e. The Kier molecular flexibility index (Phi) is 7.34. The number of benzene rings is 3. The second-order valence-corrected chi connectivity index (χ2v) is 6.82. The molecular formula is C26H24N2O2. The Morgan fingerprint density at radius 3 is 1.83 bits per heavy atom. The first-order valence-electron chi connectivity index (χ1n) is 9.75. The molecule has 150 valence electrons. The van der Waals surface area contributed by atoms with E-state index in [4.69, 9.17) is 0 Å². The zero-order valence-electron chi connectivity index (χ0n) is 16.8. The van der Waals surface area contributed by atoms with Crippen LogP contribution in [-0.2, 0) is 11.2 Å². The van der Waals surface area contributed by atoms with Gasteiger partial charge >= 0.3 is 0 Å². The largest absolute Gasteiger partial charge is 0.332 e. The summed E-state index contributed by atoms with van der Waals surface area (Å²) in [6.45, 7) is 1.90. The third-order valence-electron chi connectivity index (χ3n) is 4.55. The molecular weight excluding hydrogens is 372 g/mol. The highest BCUT2D eigenvalue weighted by atomic mass is 16.2. The minimum absolute atomic E-state index is 0.0960. The Balaban J connectivity index is 1.75. The van der Waals surface area contributed by atoms with Crippen LogP contribution in [0.2, 0.25) is 0 Å². The maximum atomic E-state index is 12.4. The molecule has 0 bridgehead atoms. The van der Waals surface area contributed by atoms with E-state index in [0.29, 0.717) is 12.0 Å². The van der Waals surface area contributed by atoms with E-state index in [1.54, 1.807) is 24.5 Å². The van der Waals surface area contributed by atoms with E-state index < -0.39 is 0 Å².